The Morgan fingerprint density at radius 2 is 2.22 bits per heavy atom. The molecule has 0 unspecified atom stereocenters. The average Bonchev–Trinajstić information content (AvgIpc) is 2.95. The number of aliphatic hydroxyl groups excluding tert-OH is 1. The largest absolute Gasteiger partial charge is 0.466 e. The molecule has 0 saturated heterocycles. The second-order valence-corrected chi connectivity index (χ2v) is 5.71. The fraction of sp³-hybridized carbons (Fsp3) is 0.500. The number of rotatable bonds is 4. The van der Waals surface area contributed by atoms with E-state index in [0.717, 1.165) is 13.0 Å². The van der Waals surface area contributed by atoms with Crippen molar-refractivity contribution in [3.8, 4) is 0 Å². The smallest absolute Gasteiger partial charge is 0.169 e. The van der Waals surface area contributed by atoms with Crippen LogP contribution in [-0.2, 0) is 6.54 Å². The normalized spacial score (nSPS) is 13.8. The molecule has 2 aromatic rings. The molecule has 0 amide bonds. The van der Waals surface area contributed by atoms with E-state index < -0.39 is 6.10 Å². The van der Waals surface area contributed by atoms with Crippen molar-refractivity contribution in [1.82, 2.24) is 9.55 Å². The van der Waals surface area contributed by atoms with E-state index in [1.807, 2.05) is 10.8 Å². The molecule has 4 nitrogen and oxygen atoms in total. The molecule has 4 heteroatoms. The maximum absolute atomic E-state index is 10.2. The van der Waals surface area contributed by atoms with Crippen LogP contribution in [0.25, 0.3) is 0 Å². The van der Waals surface area contributed by atoms with Crippen LogP contribution in [0.1, 0.15) is 44.9 Å². The van der Waals surface area contributed by atoms with Crippen LogP contribution in [-0.4, -0.2) is 14.7 Å². The summed E-state index contributed by atoms with van der Waals surface area (Å²) in [5.41, 5.74) is 0.261. The zero-order chi connectivity index (χ0) is 13.2. The van der Waals surface area contributed by atoms with Crippen LogP contribution < -0.4 is 0 Å². The molecular weight excluding hydrogens is 228 g/mol. The van der Waals surface area contributed by atoms with Gasteiger partial charge in [-0.05, 0) is 24.0 Å². The fourth-order valence-electron chi connectivity index (χ4n) is 1.79. The molecule has 0 bridgehead atoms. The second kappa shape index (κ2) is 4.98. The molecule has 0 aromatic carbocycles. The Hall–Kier alpha value is -1.55. The molecule has 0 saturated carbocycles. The molecule has 18 heavy (non-hydrogen) atoms. The lowest BCUT2D eigenvalue weighted by atomic mass is 9.92. The summed E-state index contributed by atoms with van der Waals surface area (Å²) in [5.74, 6) is 1.16. The first-order valence-corrected chi connectivity index (χ1v) is 6.20. The minimum atomic E-state index is -0.796. The number of nitrogens with zero attached hydrogens (tertiary/aromatic N) is 2. The highest BCUT2D eigenvalue weighted by atomic mass is 16.4. The Morgan fingerprint density at radius 1 is 1.44 bits per heavy atom. The van der Waals surface area contributed by atoms with Crippen molar-refractivity contribution in [3.05, 3.63) is 42.4 Å². The number of hydrogen-bond donors (Lipinski definition) is 1. The van der Waals surface area contributed by atoms with Gasteiger partial charge in [-0.3, -0.25) is 0 Å². The predicted molar refractivity (Wildman–Crippen MR) is 69.1 cm³/mol. The third-order valence-electron chi connectivity index (χ3n) is 2.91. The van der Waals surface area contributed by atoms with Crippen molar-refractivity contribution in [3.63, 3.8) is 0 Å². The molecule has 0 fully saturated rings. The molecular formula is C14H20N2O2. The van der Waals surface area contributed by atoms with Crippen molar-refractivity contribution in [1.29, 1.82) is 0 Å². The van der Waals surface area contributed by atoms with Gasteiger partial charge >= 0.3 is 0 Å². The Bertz CT molecular complexity index is 480. The van der Waals surface area contributed by atoms with Crippen LogP contribution in [0.2, 0.25) is 0 Å². The molecule has 98 valence electrons. The molecule has 0 aliphatic carbocycles. The number of aliphatic hydroxyl groups is 1. The van der Waals surface area contributed by atoms with Crippen molar-refractivity contribution in [2.45, 2.75) is 39.8 Å². The van der Waals surface area contributed by atoms with Crippen molar-refractivity contribution >= 4 is 0 Å². The van der Waals surface area contributed by atoms with Crippen LogP contribution in [0, 0.1) is 5.41 Å². The molecule has 1 atom stereocenters. The molecule has 2 aromatic heterocycles. The third-order valence-corrected chi connectivity index (χ3v) is 2.91. The van der Waals surface area contributed by atoms with Gasteiger partial charge in [-0.1, -0.05) is 20.8 Å². The van der Waals surface area contributed by atoms with Crippen LogP contribution in [0.15, 0.2) is 35.2 Å². The van der Waals surface area contributed by atoms with Crippen molar-refractivity contribution < 1.29 is 9.52 Å². The SMILES string of the molecule is CC(C)(C)CCn1ccnc1[C@H](O)c1ccco1. The maximum atomic E-state index is 10.2. The average molecular weight is 248 g/mol. The topological polar surface area (TPSA) is 51.2 Å². The first-order chi connectivity index (χ1) is 8.47. The lowest BCUT2D eigenvalue weighted by Gasteiger charge is -2.19. The van der Waals surface area contributed by atoms with E-state index in [1.165, 1.54) is 0 Å². The van der Waals surface area contributed by atoms with Gasteiger partial charge < -0.3 is 14.1 Å². The van der Waals surface area contributed by atoms with E-state index in [4.69, 9.17) is 4.42 Å². The van der Waals surface area contributed by atoms with Gasteiger partial charge in [-0.15, -0.1) is 0 Å². The summed E-state index contributed by atoms with van der Waals surface area (Å²) in [6.07, 6.45) is 5.40. The Labute approximate surface area is 107 Å². The summed E-state index contributed by atoms with van der Waals surface area (Å²) in [6, 6.07) is 3.52. The van der Waals surface area contributed by atoms with Gasteiger partial charge in [0.1, 0.15) is 11.6 Å². The van der Waals surface area contributed by atoms with Gasteiger partial charge in [-0.25, -0.2) is 4.98 Å². The van der Waals surface area contributed by atoms with Gasteiger partial charge in [-0.2, -0.15) is 0 Å². The van der Waals surface area contributed by atoms with Gasteiger partial charge in [0.05, 0.1) is 6.26 Å². The molecule has 0 spiro atoms. The Morgan fingerprint density at radius 3 is 2.83 bits per heavy atom. The quantitative estimate of drug-likeness (QED) is 0.905. The fourth-order valence-corrected chi connectivity index (χ4v) is 1.79. The van der Waals surface area contributed by atoms with E-state index in [1.54, 1.807) is 24.6 Å². The molecule has 2 rings (SSSR count). The van der Waals surface area contributed by atoms with Gasteiger partial charge in [0.25, 0.3) is 0 Å². The summed E-state index contributed by atoms with van der Waals surface area (Å²) in [5, 5.41) is 10.2. The van der Waals surface area contributed by atoms with Crippen LogP contribution >= 0.6 is 0 Å². The minimum absolute atomic E-state index is 0.261. The highest BCUT2D eigenvalue weighted by Crippen LogP contribution is 2.24. The zero-order valence-electron chi connectivity index (χ0n) is 11.1. The van der Waals surface area contributed by atoms with E-state index in [9.17, 15) is 5.11 Å². The Balaban J connectivity index is 2.13. The summed E-state index contributed by atoms with van der Waals surface area (Å²) in [4.78, 5) is 4.23. The monoisotopic (exact) mass is 248 g/mol. The molecule has 0 aliphatic heterocycles. The number of aryl methyl sites for hydroxylation is 1. The molecule has 1 N–H and O–H groups in total. The van der Waals surface area contributed by atoms with Crippen molar-refractivity contribution in [2.75, 3.05) is 0 Å². The van der Waals surface area contributed by atoms with Crippen LogP contribution in [0.3, 0.4) is 0 Å². The van der Waals surface area contributed by atoms with Gasteiger partial charge in [0.15, 0.2) is 6.10 Å². The van der Waals surface area contributed by atoms with Crippen molar-refractivity contribution in [2.24, 2.45) is 5.41 Å². The summed E-state index contributed by atoms with van der Waals surface area (Å²) >= 11 is 0. The third kappa shape index (κ3) is 3.01. The zero-order valence-corrected chi connectivity index (χ0v) is 11.1. The van der Waals surface area contributed by atoms with Gasteiger partial charge in [0.2, 0.25) is 0 Å². The number of imidazole rings is 1. The van der Waals surface area contributed by atoms with Gasteiger partial charge in [0, 0.05) is 18.9 Å². The van der Waals surface area contributed by atoms with E-state index >= 15 is 0 Å². The molecule has 2 heterocycles. The molecule has 0 radical (unpaired) electrons. The van der Waals surface area contributed by atoms with E-state index in [-0.39, 0.29) is 5.41 Å². The maximum Gasteiger partial charge on any atom is 0.169 e. The summed E-state index contributed by atoms with van der Waals surface area (Å²) in [6.45, 7) is 7.45. The number of aromatic nitrogens is 2. The second-order valence-electron chi connectivity index (χ2n) is 5.71. The lowest BCUT2D eigenvalue weighted by molar-refractivity contribution is 0.173. The van der Waals surface area contributed by atoms with Crippen LogP contribution in [0.5, 0.6) is 0 Å². The minimum Gasteiger partial charge on any atom is -0.466 e. The van der Waals surface area contributed by atoms with E-state index in [0.29, 0.717) is 11.6 Å². The lowest BCUT2D eigenvalue weighted by Crippen LogP contribution is -2.14. The highest BCUT2D eigenvalue weighted by molar-refractivity contribution is 5.12. The van der Waals surface area contributed by atoms with Crippen LogP contribution in [0.4, 0.5) is 0 Å². The standard InChI is InChI=1S/C14H20N2O2/c1-14(2,3)6-8-16-9-7-15-13(16)12(17)11-5-4-10-18-11/h4-5,7,9-10,12,17H,6,8H2,1-3H3/t12-/m1/s1. The van der Waals surface area contributed by atoms with E-state index in [2.05, 4.69) is 25.8 Å². The highest BCUT2D eigenvalue weighted by Gasteiger charge is 2.19. The first kappa shape index (κ1) is 12.9. The number of hydrogen-bond acceptors (Lipinski definition) is 3. The Kier molecular flexibility index (Phi) is 3.57. The summed E-state index contributed by atoms with van der Waals surface area (Å²) in [7, 11) is 0. The predicted octanol–water partition coefficient (Wildman–Crippen LogP) is 2.99. The molecule has 0 aliphatic rings. The summed E-state index contributed by atoms with van der Waals surface area (Å²) < 4.78 is 7.20. The number of furan rings is 1. The first-order valence-electron chi connectivity index (χ1n) is 6.20.